The molecule has 0 saturated heterocycles. The van der Waals surface area contributed by atoms with Crippen LogP contribution in [0.5, 0.6) is 5.75 Å². The summed E-state index contributed by atoms with van der Waals surface area (Å²) >= 11 is 1.03. The van der Waals surface area contributed by atoms with Crippen molar-refractivity contribution in [3.63, 3.8) is 0 Å². The van der Waals surface area contributed by atoms with E-state index < -0.39 is 41.2 Å². The van der Waals surface area contributed by atoms with Gasteiger partial charge < -0.3 is 25.6 Å². The largest absolute Gasteiger partial charge is 0.506 e. The molecule has 1 aromatic heterocycles. The van der Waals surface area contributed by atoms with Gasteiger partial charge in [0.2, 0.25) is 5.13 Å². The first-order valence-corrected chi connectivity index (χ1v) is 13.7. The van der Waals surface area contributed by atoms with Crippen LogP contribution in [0.4, 0.5) is 33.6 Å². The molecule has 1 atom stereocenters. The van der Waals surface area contributed by atoms with Gasteiger partial charge in [-0.2, -0.15) is 13.2 Å². The standard InChI is InChI=1S/C28H34F3N5O5S/c1-26(2,3)40-24(38)33-19(13-16-7-10-18(11-8-16)28(29,30)31)15-36(25(39)41-27(4,5)6)23-35-34-22(42-23)17-9-12-20(32)21(37)14-17/h7-12,14,19,37H,13,15,32H2,1-6H3,(H,33,38)/t19-/m0/s1. The number of carbonyl (C=O) groups excluding carboxylic acids is 2. The number of phenols is 1. The molecule has 2 amide bonds. The first kappa shape index (κ1) is 32.4. The molecule has 1 heterocycles. The summed E-state index contributed by atoms with van der Waals surface area (Å²) in [6.45, 7) is 9.92. The number of rotatable bonds is 7. The van der Waals surface area contributed by atoms with Gasteiger partial charge >= 0.3 is 18.4 Å². The van der Waals surface area contributed by atoms with Gasteiger partial charge in [-0.05, 0) is 83.9 Å². The Labute approximate surface area is 245 Å². The fraction of sp³-hybridized carbons (Fsp3) is 0.429. The number of hydrogen-bond donors (Lipinski definition) is 3. The lowest BCUT2D eigenvalue weighted by Crippen LogP contribution is -2.49. The summed E-state index contributed by atoms with van der Waals surface area (Å²) in [6.07, 6.45) is -6.02. The molecular formula is C28H34F3N5O5S. The van der Waals surface area contributed by atoms with E-state index in [4.69, 9.17) is 15.2 Å². The number of nitrogen functional groups attached to an aromatic ring is 1. The maximum Gasteiger partial charge on any atom is 0.416 e. The van der Waals surface area contributed by atoms with Crippen molar-refractivity contribution in [1.82, 2.24) is 15.5 Å². The average molecular weight is 610 g/mol. The van der Waals surface area contributed by atoms with E-state index in [0.29, 0.717) is 16.1 Å². The number of hydrogen-bond acceptors (Lipinski definition) is 9. The Morgan fingerprint density at radius 1 is 1.00 bits per heavy atom. The number of ether oxygens (including phenoxy) is 2. The van der Waals surface area contributed by atoms with Gasteiger partial charge in [-0.25, -0.2) is 14.5 Å². The van der Waals surface area contributed by atoms with Crippen molar-refractivity contribution < 1.29 is 37.3 Å². The first-order chi connectivity index (χ1) is 19.3. The van der Waals surface area contributed by atoms with Crippen molar-refractivity contribution in [3.8, 4) is 16.3 Å². The highest BCUT2D eigenvalue weighted by Crippen LogP contribution is 2.34. The molecule has 0 fully saturated rings. The summed E-state index contributed by atoms with van der Waals surface area (Å²) in [5, 5.41) is 21.5. The summed E-state index contributed by atoms with van der Waals surface area (Å²) in [4.78, 5) is 27.3. The van der Waals surface area contributed by atoms with Crippen LogP contribution in [0.15, 0.2) is 42.5 Å². The minimum atomic E-state index is -4.50. The van der Waals surface area contributed by atoms with Gasteiger partial charge in [-0.1, -0.05) is 23.5 Å². The third-order valence-corrected chi connectivity index (χ3v) is 6.42. The zero-order valence-corrected chi connectivity index (χ0v) is 24.9. The highest BCUT2D eigenvalue weighted by Gasteiger charge is 2.32. The van der Waals surface area contributed by atoms with E-state index in [0.717, 1.165) is 23.5 Å². The van der Waals surface area contributed by atoms with Gasteiger partial charge in [-0.3, -0.25) is 0 Å². The number of carbonyl (C=O) groups is 2. The van der Waals surface area contributed by atoms with E-state index in [1.807, 2.05) is 0 Å². The van der Waals surface area contributed by atoms with Gasteiger partial charge in [0.05, 0.1) is 23.8 Å². The predicted octanol–water partition coefficient (Wildman–Crippen LogP) is 6.39. The average Bonchev–Trinajstić information content (AvgIpc) is 3.31. The molecular weight excluding hydrogens is 575 g/mol. The Hall–Kier alpha value is -4.07. The molecule has 0 spiro atoms. The SMILES string of the molecule is CC(C)(C)OC(=O)N[C@@H](Cc1ccc(C(F)(F)F)cc1)CN(C(=O)OC(C)(C)C)c1nnc(-c2ccc(N)c(O)c2)s1. The van der Waals surface area contributed by atoms with E-state index in [2.05, 4.69) is 15.5 Å². The lowest BCUT2D eigenvalue weighted by molar-refractivity contribution is -0.137. The second-order valence-electron chi connectivity index (χ2n) is 11.5. The highest BCUT2D eigenvalue weighted by molar-refractivity contribution is 7.18. The number of halogens is 3. The predicted molar refractivity (Wildman–Crippen MR) is 153 cm³/mol. The number of anilines is 2. The van der Waals surface area contributed by atoms with Gasteiger partial charge in [0.1, 0.15) is 22.0 Å². The molecule has 3 aromatic rings. The van der Waals surface area contributed by atoms with Crippen LogP contribution in [0, 0.1) is 0 Å². The van der Waals surface area contributed by atoms with Crippen molar-refractivity contribution in [1.29, 1.82) is 0 Å². The molecule has 2 aromatic carbocycles. The Morgan fingerprint density at radius 3 is 2.17 bits per heavy atom. The Balaban J connectivity index is 1.97. The van der Waals surface area contributed by atoms with Crippen LogP contribution in [0.2, 0.25) is 0 Å². The van der Waals surface area contributed by atoms with Crippen LogP contribution in [-0.4, -0.2) is 51.3 Å². The summed E-state index contributed by atoms with van der Waals surface area (Å²) in [6, 6.07) is 8.22. The second-order valence-corrected chi connectivity index (χ2v) is 12.5. The Kier molecular flexibility index (Phi) is 9.60. The Bertz CT molecular complexity index is 1400. The van der Waals surface area contributed by atoms with Crippen molar-refractivity contribution in [2.24, 2.45) is 0 Å². The molecule has 0 bridgehead atoms. The normalized spacial score (nSPS) is 12.9. The number of alkyl carbamates (subject to hydrolysis) is 1. The number of nitrogens with one attached hydrogen (secondary N) is 1. The van der Waals surface area contributed by atoms with Gasteiger partial charge in [0, 0.05) is 5.56 Å². The summed E-state index contributed by atoms with van der Waals surface area (Å²) < 4.78 is 50.3. The topological polar surface area (TPSA) is 140 Å². The van der Waals surface area contributed by atoms with E-state index in [9.17, 15) is 27.9 Å². The minimum Gasteiger partial charge on any atom is -0.506 e. The molecule has 0 radical (unpaired) electrons. The van der Waals surface area contributed by atoms with Crippen molar-refractivity contribution in [2.45, 2.75) is 71.4 Å². The third-order valence-electron chi connectivity index (χ3n) is 5.42. The molecule has 0 unspecified atom stereocenters. The molecule has 14 heteroatoms. The molecule has 0 aliphatic carbocycles. The van der Waals surface area contributed by atoms with Gasteiger partial charge in [0.25, 0.3) is 0 Å². The fourth-order valence-corrected chi connectivity index (χ4v) is 4.48. The molecule has 10 nitrogen and oxygen atoms in total. The van der Waals surface area contributed by atoms with Gasteiger partial charge in [0.15, 0.2) is 0 Å². The van der Waals surface area contributed by atoms with Crippen LogP contribution in [0.3, 0.4) is 0 Å². The summed E-state index contributed by atoms with van der Waals surface area (Å²) in [7, 11) is 0. The van der Waals surface area contributed by atoms with Crippen molar-refractivity contribution in [3.05, 3.63) is 53.6 Å². The van der Waals surface area contributed by atoms with E-state index >= 15 is 0 Å². The monoisotopic (exact) mass is 609 g/mol. The molecule has 0 aliphatic rings. The number of aromatic nitrogens is 2. The highest BCUT2D eigenvalue weighted by atomic mass is 32.1. The number of amides is 2. The molecule has 42 heavy (non-hydrogen) atoms. The molecule has 3 rings (SSSR count). The number of alkyl halides is 3. The number of phenolic OH excluding ortho intramolecular Hbond substituents is 1. The lowest BCUT2D eigenvalue weighted by atomic mass is 10.0. The van der Waals surface area contributed by atoms with Crippen LogP contribution in [-0.2, 0) is 22.1 Å². The van der Waals surface area contributed by atoms with Crippen LogP contribution >= 0.6 is 11.3 Å². The van der Waals surface area contributed by atoms with E-state index in [1.165, 1.54) is 29.2 Å². The van der Waals surface area contributed by atoms with Crippen molar-refractivity contribution >= 4 is 34.3 Å². The number of benzene rings is 2. The molecule has 228 valence electrons. The lowest BCUT2D eigenvalue weighted by Gasteiger charge is -2.29. The van der Waals surface area contributed by atoms with Crippen LogP contribution < -0.4 is 16.0 Å². The van der Waals surface area contributed by atoms with E-state index in [1.54, 1.807) is 47.6 Å². The van der Waals surface area contributed by atoms with Crippen molar-refractivity contribution in [2.75, 3.05) is 17.2 Å². The maximum absolute atomic E-state index is 13.4. The Morgan fingerprint density at radius 2 is 1.62 bits per heavy atom. The summed E-state index contributed by atoms with van der Waals surface area (Å²) in [5.74, 6) is -0.147. The molecule has 0 saturated carbocycles. The van der Waals surface area contributed by atoms with Gasteiger partial charge in [-0.15, -0.1) is 10.2 Å². The van der Waals surface area contributed by atoms with Crippen LogP contribution in [0.1, 0.15) is 52.7 Å². The maximum atomic E-state index is 13.4. The zero-order valence-electron chi connectivity index (χ0n) is 24.1. The number of nitrogens with two attached hydrogens (primary N) is 1. The van der Waals surface area contributed by atoms with E-state index in [-0.39, 0.29) is 29.5 Å². The summed E-state index contributed by atoms with van der Waals surface area (Å²) in [5.41, 5.74) is 4.33. The minimum absolute atomic E-state index is 0.0498. The molecule has 4 N–H and O–H groups in total. The third kappa shape index (κ3) is 9.50. The number of aromatic hydroxyl groups is 1. The first-order valence-electron chi connectivity index (χ1n) is 12.9. The number of nitrogens with zero attached hydrogens (tertiary/aromatic N) is 3. The van der Waals surface area contributed by atoms with Crippen LogP contribution in [0.25, 0.3) is 10.6 Å². The molecule has 0 aliphatic heterocycles. The zero-order chi connectivity index (χ0) is 31.5. The fourth-order valence-electron chi connectivity index (χ4n) is 3.64. The second kappa shape index (κ2) is 12.4. The smallest absolute Gasteiger partial charge is 0.416 e. The quantitative estimate of drug-likeness (QED) is 0.207.